The second-order valence-corrected chi connectivity index (χ2v) is 5.19. The topological polar surface area (TPSA) is 35.0 Å². The summed E-state index contributed by atoms with van der Waals surface area (Å²) in [6.45, 7) is 0. The molecule has 1 aromatic carbocycles. The molecular weight excluding hydrogens is 272 g/mol. The second-order valence-electron chi connectivity index (χ2n) is 4.83. The number of fused-ring (bicyclic) bond motifs is 5. The van der Waals surface area contributed by atoms with Gasteiger partial charge in [-0.25, -0.2) is 4.98 Å². The molecule has 0 bridgehead atoms. The molecule has 1 aliphatic rings. The van der Waals surface area contributed by atoms with E-state index in [1.165, 1.54) is 5.56 Å². The van der Waals surface area contributed by atoms with Crippen LogP contribution in [0.4, 0.5) is 0 Å². The van der Waals surface area contributed by atoms with Crippen LogP contribution in [0.25, 0.3) is 22.2 Å². The fraction of sp³-hybridized carbons (Fsp3) is 0.125. The molecule has 0 atom stereocenters. The van der Waals surface area contributed by atoms with Gasteiger partial charge < -0.3 is 4.74 Å². The maximum absolute atomic E-state index is 6.35. The molecule has 4 rings (SSSR count). The Hall–Kier alpha value is -2.13. The van der Waals surface area contributed by atoms with Crippen molar-refractivity contribution in [2.45, 2.75) is 6.42 Å². The lowest BCUT2D eigenvalue weighted by Crippen LogP contribution is -1.91. The van der Waals surface area contributed by atoms with E-state index in [4.69, 9.17) is 16.3 Å². The molecule has 0 radical (unpaired) electrons. The lowest BCUT2D eigenvalue weighted by Gasteiger charge is -2.08. The highest BCUT2D eigenvalue weighted by molar-refractivity contribution is 6.31. The molecule has 0 amide bonds. The van der Waals surface area contributed by atoms with Gasteiger partial charge in [-0.3, -0.25) is 4.98 Å². The molecule has 0 saturated carbocycles. The number of pyridine rings is 2. The minimum absolute atomic E-state index is 0.554. The largest absolute Gasteiger partial charge is 0.497 e. The predicted octanol–water partition coefficient (Wildman–Crippen LogP) is 3.86. The zero-order valence-corrected chi connectivity index (χ0v) is 11.6. The van der Waals surface area contributed by atoms with Crippen LogP contribution in [0.3, 0.4) is 0 Å². The summed E-state index contributed by atoms with van der Waals surface area (Å²) in [5.41, 5.74) is 5.24. The zero-order valence-electron chi connectivity index (χ0n) is 10.9. The monoisotopic (exact) mass is 282 g/mol. The van der Waals surface area contributed by atoms with Gasteiger partial charge in [-0.05, 0) is 23.8 Å². The average Bonchev–Trinajstić information content (AvgIpc) is 2.87. The van der Waals surface area contributed by atoms with Crippen LogP contribution in [-0.2, 0) is 6.42 Å². The van der Waals surface area contributed by atoms with E-state index in [0.29, 0.717) is 5.15 Å². The Morgan fingerprint density at radius 3 is 3.00 bits per heavy atom. The highest BCUT2D eigenvalue weighted by Crippen LogP contribution is 2.42. The summed E-state index contributed by atoms with van der Waals surface area (Å²) >= 11 is 6.35. The van der Waals surface area contributed by atoms with Gasteiger partial charge in [0.1, 0.15) is 10.9 Å². The Kier molecular flexibility index (Phi) is 2.44. The number of rotatable bonds is 1. The molecule has 20 heavy (non-hydrogen) atoms. The van der Waals surface area contributed by atoms with Gasteiger partial charge in [0.15, 0.2) is 0 Å². The van der Waals surface area contributed by atoms with E-state index < -0.39 is 0 Å². The van der Waals surface area contributed by atoms with Gasteiger partial charge in [0, 0.05) is 35.2 Å². The number of hydrogen-bond donors (Lipinski definition) is 0. The molecule has 0 fully saturated rings. The van der Waals surface area contributed by atoms with E-state index in [9.17, 15) is 0 Å². The summed E-state index contributed by atoms with van der Waals surface area (Å²) in [6.07, 6.45) is 2.62. The summed E-state index contributed by atoms with van der Waals surface area (Å²) in [5.74, 6) is 0.778. The van der Waals surface area contributed by atoms with Gasteiger partial charge in [-0.2, -0.15) is 0 Å². The Morgan fingerprint density at radius 2 is 2.15 bits per heavy atom. The van der Waals surface area contributed by atoms with Crippen molar-refractivity contribution >= 4 is 22.5 Å². The summed E-state index contributed by atoms with van der Waals surface area (Å²) in [5, 5.41) is 1.63. The Balaban J connectivity index is 2.11. The lowest BCUT2D eigenvalue weighted by molar-refractivity contribution is 0.415. The van der Waals surface area contributed by atoms with E-state index in [1.807, 2.05) is 30.5 Å². The number of methoxy groups -OCH3 is 1. The molecule has 2 heterocycles. The fourth-order valence-electron chi connectivity index (χ4n) is 2.81. The Morgan fingerprint density at radius 1 is 1.25 bits per heavy atom. The van der Waals surface area contributed by atoms with E-state index in [2.05, 4.69) is 16.0 Å². The van der Waals surface area contributed by atoms with Crippen molar-refractivity contribution in [3.8, 4) is 17.0 Å². The van der Waals surface area contributed by atoms with Crippen molar-refractivity contribution in [3.05, 3.63) is 52.8 Å². The second kappa shape index (κ2) is 4.18. The minimum atomic E-state index is 0.554. The highest BCUT2D eigenvalue weighted by atomic mass is 35.5. The minimum Gasteiger partial charge on any atom is -0.497 e. The molecule has 3 nitrogen and oxygen atoms in total. The van der Waals surface area contributed by atoms with Crippen LogP contribution < -0.4 is 4.74 Å². The first kappa shape index (κ1) is 11.7. The van der Waals surface area contributed by atoms with Crippen molar-refractivity contribution in [1.82, 2.24) is 9.97 Å². The lowest BCUT2D eigenvalue weighted by atomic mass is 10.0. The SMILES string of the molecule is COc1ccc2c3c(c(Cl)nc2c1)Cc1cccnc1-3. The maximum Gasteiger partial charge on any atom is 0.133 e. The van der Waals surface area contributed by atoms with Gasteiger partial charge >= 0.3 is 0 Å². The van der Waals surface area contributed by atoms with Crippen LogP contribution in [0.5, 0.6) is 5.75 Å². The number of nitrogens with zero attached hydrogens (tertiary/aromatic N) is 2. The quantitative estimate of drug-likeness (QED) is 0.497. The van der Waals surface area contributed by atoms with Crippen molar-refractivity contribution in [3.63, 3.8) is 0 Å². The molecule has 1 aliphatic carbocycles. The van der Waals surface area contributed by atoms with Crippen molar-refractivity contribution in [1.29, 1.82) is 0 Å². The number of aromatic nitrogens is 2. The van der Waals surface area contributed by atoms with Crippen LogP contribution in [0, 0.1) is 0 Å². The molecule has 0 N–H and O–H groups in total. The van der Waals surface area contributed by atoms with E-state index >= 15 is 0 Å². The van der Waals surface area contributed by atoms with Crippen LogP contribution in [-0.4, -0.2) is 17.1 Å². The molecule has 0 aliphatic heterocycles. The summed E-state index contributed by atoms with van der Waals surface area (Å²) in [4.78, 5) is 9.01. The molecule has 0 spiro atoms. The predicted molar refractivity (Wildman–Crippen MR) is 79.3 cm³/mol. The number of hydrogen-bond acceptors (Lipinski definition) is 3. The summed E-state index contributed by atoms with van der Waals surface area (Å²) in [6, 6.07) is 9.92. The summed E-state index contributed by atoms with van der Waals surface area (Å²) < 4.78 is 5.25. The van der Waals surface area contributed by atoms with E-state index in [-0.39, 0.29) is 0 Å². The third-order valence-electron chi connectivity index (χ3n) is 3.74. The number of ether oxygens (including phenoxy) is 1. The van der Waals surface area contributed by atoms with E-state index in [1.54, 1.807) is 7.11 Å². The fourth-order valence-corrected chi connectivity index (χ4v) is 3.06. The van der Waals surface area contributed by atoms with Gasteiger partial charge in [0.25, 0.3) is 0 Å². The smallest absolute Gasteiger partial charge is 0.133 e. The highest BCUT2D eigenvalue weighted by Gasteiger charge is 2.25. The molecule has 3 aromatic rings. The van der Waals surface area contributed by atoms with Crippen molar-refractivity contribution in [2.24, 2.45) is 0 Å². The Bertz CT molecular complexity index is 845. The zero-order chi connectivity index (χ0) is 13.7. The normalized spacial score (nSPS) is 12.3. The number of halogens is 1. The molecule has 98 valence electrons. The van der Waals surface area contributed by atoms with Crippen LogP contribution in [0.2, 0.25) is 5.15 Å². The molecule has 4 heteroatoms. The first-order chi connectivity index (χ1) is 9.78. The van der Waals surface area contributed by atoms with Gasteiger partial charge in [-0.1, -0.05) is 17.7 Å². The van der Waals surface area contributed by atoms with Crippen LogP contribution in [0.1, 0.15) is 11.1 Å². The first-order valence-electron chi connectivity index (χ1n) is 6.38. The Labute approximate surface area is 121 Å². The third-order valence-corrected chi connectivity index (χ3v) is 4.05. The van der Waals surface area contributed by atoms with Crippen molar-refractivity contribution < 1.29 is 4.74 Å². The van der Waals surface area contributed by atoms with Gasteiger partial charge in [0.2, 0.25) is 0 Å². The summed E-state index contributed by atoms with van der Waals surface area (Å²) in [7, 11) is 1.65. The van der Waals surface area contributed by atoms with Gasteiger partial charge in [-0.15, -0.1) is 0 Å². The third kappa shape index (κ3) is 1.53. The van der Waals surface area contributed by atoms with Crippen LogP contribution in [0.15, 0.2) is 36.5 Å². The average molecular weight is 283 g/mol. The molecule has 0 unspecified atom stereocenters. The molecule has 2 aromatic heterocycles. The van der Waals surface area contributed by atoms with Crippen molar-refractivity contribution in [2.75, 3.05) is 7.11 Å². The standard InChI is InChI=1S/C16H11ClN2O/c1-20-10-4-5-11-13(8-10)19-16(17)12-7-9-3-2-6-18-15(9)14(11)12/h2-6,8H,7H2,1H3. The molecule has 0 saturated heterocycles. The maximum atomic E-state index is 6.35. The van der Waals surface area contributed by atoms with E-state index in [0.717, 1.165) is 39.9 Å². The van der Waals surface area contributed by atoms with Gasteiger partial charge in [0.05, 0.1) is 18.3 Å². The molecular formula is C16H11ClN2O. The number of benzene rings is 1. The first-order valence-corrected chi connectivity index (χ1v) is 6.76. The van der Waals surface area contributed by atoms with Crippen LogP contribution >= 0.6 is 11.6 Å².